The Bertz CT molecular complexity index is 678. The molecule has 7 heteroatoms. The van der Waals surface area contributed by atoms with E-state index in [1.165, 1.54) is 11.9 Å². The van der Waals surface area contributed by atoms with Gasteiger partial charge in [-0.05, 0) is 26.7 Å². The number of nitrogens with zero attached hydrogens (tertiary/aromatic N) is 4. The summed E-state index contributed by atoms with van der Waals surface area (Å²) in [5.41, 5.74) is 2.73. The summed E-state index contributed by atoms with van der Waals surface area (Å²) < 4.78 is 7.71. The Kier molecular flexibility index (Phi) is 4.35. The first-order valence-electron chi connectivity index (χ1n) is 7.50. The van der Waals surface area contributed by atoms with Crippen LogP contribution >= 0.6 is 0 Å². The predicted octanol–water partition coefficient (Wildman–Crippen LogP) is 1.87. The van der Waals surface area contributed by atoms with Gasteiger partial charge in [0.2, 0.25) is 0 Å². The van der Waals surface area contributed by atoms with Crippen molar-refractivity contribution in [2.75, 3.05) is 18.5 Å². The number of fused-ring (bicyclic) bond motifs is 1. The average molecular weight is 303 g/mol. The Hall–Kier alpha value is -1.99. The van der Waals surface area contributed by atoms with Gasteiger partial charge in [-0.25, -0.2) is 15.0 Å². The van der Waals surface area contributed by atoms with Crippen molar-refractivity contribution in [2.24, 2.45) is 0 Å². The molecule has 0 aromatic carbocycles. The van der Waals surface area contributed by atoms with Crippen LogP contribution in [0.2, 0.25) is 0 Å². The van der Waals surface area contributed by atoms with Crippen LogP contribution in [0.3, 0.4) is 0 Å². The number of hydrogen-bond acceptors (Lipinski definition) is 6. The molecule has 2 N–H and O–H groups in total. The van der Waals surface area contributed by atoms with Gasteiger partial charge >= 0.3 is 0 Å². The third kappa shape index (κ3) is 2.95. The van der Waals surface area contributed by atoms with Crippen LogP contribution in [0, 0.1) is 0 Å². The minimum atomic E-state index is -0.123. The van der Waals surface area contributed by atoms with E-state index in [-0.39, 0.29) is 18.9 Å². The maximum Gasteiger partial charge on any atom is 0.167 e. The molecule has 22 heavy (non-hydrogen) atoms. The number of allylic oxidation sites excluding steroid dienone is 1. The second-order valence-corrected chi connectivity index (χ2v) is 5.68. The quantitative estimate of drug-likeness (QED) is 0.820. The lowest BCUT2D eigenvalue weighted by Crippen LogP contribution is -2.14. The van der Waals surface area contributed by atoms with Gasteiger partial charge in [-0.1, -0.05) is 11.6 Å². The molecule has 0 unspecified atom stereocenters. The number of rotatable bonds is 5. The number of nitrogens with one attached hydrogen (secondary N) is 1. The molecule has 0 amide bonds. The lowest BCUT2D eigenvalue weighted by molar-refractivity contribution is -0.0207. The molecule has 7 nitrogen and oxygen atoms in total. The van der Waals surface area contributed by atoms with Crippen molar-refractivity contribution in [3.05, 3.63) is 24.3 Å². The fourth-order valence-corrected chi connectivity index (χ4v) is 2.57. The van der Waals surface area contributed by atoms with Gasteiger partial charge in [0.25, 0.3) is 0 Å². The molecule has 1 aliphatic rings. The van der Waals surface area contributed by atoms with Crippen molar-refractivity contribution in [3.63, 3.8) is 0 Å². The molecule has 1 aliphatic heterocycles. The average Bonchev–Trinajstić information content (AvgIpc) is 3.13. The molecule has 1 fully saturated rings. The highest BCUT2D eigenvalue weighted by Crippen LogP contribution is 2.30. The summed E-state index contributed by atoms with van der Waals surface area (Å²) in [4.78, 5) is 13.0. The van der Waals surface area contributed by atoms with Gasteiger partial charge in [-0.3, -0.25) is 4.57 Å². The smallest absolute Gasteiger partial charge is 0.167 e. The Labute approximate surface area is 129 Å². The van der Waals surface area contributed by atoms with Crippen molar-refractivity contribution in [2.45, 2.75) is 39.0 Å². The van der Waals surface area contributed by atoms with Crippen molar-refractivity contribution in [1.82, 2.24) is 19.5 Å². The van der Waals surface area contributed by atoms with Crippen LogP contribution in [0.25, 0.3) is 11.2 Å². The molecule has 0 bridgehead atoms. The van der Waals surface area contributed by atoms with E-state index in [9.17, 15) is 5.11 Å². The third-order valence-electron chi connectivity index (χ3n) is 3.74. The van der Waals surface area contributed by atoms with Gasteiger partial charge in [0, 0.05) is 6.54 Å². The molecule has 3 heterocycles. The topological polar surface area (TPSA) is 85.1 Å². The summed E-state index contributed by atoms with van der Waals surface area (Å²) in [6.07, 6.45) is 6.83. The first-order valence-corrected chi connectivity index (χ1v) is 7.50. The summed E-state index contributed by atoms with van der Waals surface area (Å²) in [6.45, 7) is 4.86. The predicted molar refractivity (Wildman–Crippen MR) is 83.5 cm³/mol. The van der Waals surface area contributed by atoms with Crippen LogP contribution in [0.5, 0.6) is 0 Å². The maximum atomic E-state index is 9.19. The van der Waals surface area contributed by atoms with E-state index in [2.05, 4.69) is 40.2 Å². The van der Waals surface area contributed by atoms with Crippen molar-refractivity contribution >= 4 is 17.0 Å². The highest BCUT2D eigenvalue weighted by Gasteiger charge is 2.27. The number of imidazole rings is 1. The number of aromatic nitrogens is 4. The van der Waals surface area contributed by atoms with Crippen LogP contribution in [0.15, 0.2) is 24.3 Å². The number of ether oxygens (including phenoxy) is 1. The van der Waals surface area contributed by atoms with Crippen molar-refractivity contribution in [3.8, 4) is 0 Å². The minimum absolute atomic E-state index is 0.0492. The molecular formula is C15H21N5O2. The molecule has 3 rings (SSSR count). The molecule has 0 radical (unpaired) electrons. The largest absolute Gasteiger partial charge is 0.394 e. The van der Waals surface area contributed by atoms with Gasteiger partial charge in [-0.2, -0.15) is 0 Å². The molecule has 2 aromatic heterocycles. The van der Waals surface area contributed by atoms with Crippen LogP contribution < -0.4 is 5.32 Å². The Morgan fingerprint density at radius 1 is 1.41 bits per heavy atom. The molecule has 2 aromatic rings. The third-order valence-corrected chi connectivity index (χ3v) is 3.74. The fourth-order valence-electron chi connectivity index (χ4n) is 2.57. The molecule has 2 atom stereocenters. The summed E-state index contributed by atoms with van der Waals surface area (Å²) in [5, 5.41) is 12.4. The summed E-state index contributed by atoms with van der Waals surface area (Å²) in [6, 6.07) is 0. The highest BCUT2D eigenvalue weighted by atomic mass is 16.5. The maximum absolute atomic E-state index is 9.19. The SMILES string of the molecule is CC(C)=CCNc1ncnc2c1ncn2[C@H]1CC[C@@H](CO)O1. The van der Waals surface area contributed by atoms with Crippen LogP contribution in [-0.4, -0.2) is 43.9 Å². The molecule has 118 valence electrons. The van der Waals surface area contributed by atoms with Gasteiger partial charge in [0.05, 0.1) is 19.0 Å². The van der Waals surface area contributed by atoms with Gasteiger partial charge < -0.3 is 15.2 Å². The summed E-state index contributed by atoms with van der Waals surface area (Å²) >= 11 is 0. The number of anilines is 1. The fraction of sp³-hybridized carbons (Fsp3) is 0.533. The zero-order valence-corrected chi connectivity index (χ0v) is 12.9. The van der Waals surface area contributed by atoms with E-state index in [0.29, 0.717) is 6.54 Å². The monoisotopic (exact) mass is 303 g/mol. The van der Waals surface area contributed by atoms with E-state index >= 15 is 0 Å². The first-order chi connectivity index (χ1) is 10.7. The first kappa shape index (κ1) is 14.9. The Morgan fingerprint density at radius 2 is 2.27 bits per heavy atom. The molecule has 0 spiro atoms. The highest BCUT2D eigenvalue weighted by molar-refractivity contribution is 5.82. The Balaban J connectivity index is 1.84. The molecular weight excluding hydrogens is 282 g/mol. The van der Waals surface area contributed by atoms with Crippen LogP contribution in [0.1, 0.15) is 32.9 Å². The van der Waals surface area contributed by atoms with Gasteiger partial charge in [0.1, 0.15) is 12.6 Å². The number of aliphatic hydroxyl groups is 1. The van der Waals surface area contributed by atoms with E-state index in [1.807, 2.05) is 4.57 Å². The second kappa shape index (κ2) is 6.41. The van der Waals surface area contributed by atoms with E-state index in [1.54, 1.807) is 6.33 Å². The van der Waals surface area contributed by atoms with Crippen LogP contribution in [-0.2, 0) is 4.74 Å². The zero-order valence-electron chi connectivity index (χ0n) is 12.9. The number of aliphatic hydroxyl groups excluding tert-OH is 1. The summed E-state index contributed by atoms with van der Waals surface area (Å²) in [5.74, 6) is 0.720. The summed E-state index contributed by atoms with van der Waals surface area (Å²) in [7, 11) is 0. The van der Waals surface area contributed by atoms with Gasteiger partial charge in [-0.15, -0.1) is 0 Å². The zero-order chi connectivity index (χ0) is 15.5. The number of hydrogen-bond donors (Lipinski definition) is 2. The minimum Gasteiger partial charge on any atom is -0.394 e. The lowest BCUT2D eigenvalue weighted by Gasteiger charge is -2.13. The second-order valence-electron chi connectivity index (χ2n) is 5.68. The van der Waals surface area contributed by atoms with E-state index in [4.69, 9.17) is 4.74 Å². The van der Waals surface area contributed by atoms with Crippen LogP contribution in [0.4, 0.5) is 5.82 Å². The molecule has 0 aliphatic carbocycles. The van der Waals surface area contributed by atoms with E-state index < -0.39 is 0 Å². The lowest BCUT2D eigenvalue weighted by atomic mass is 10.2. The normalized spacial score (nSPS) is 21.2. The van der Waals surface area contributed by atoms with E-state index in [0.717, 1.165) is 29.8 Å². The molecule has 1 saturated heterocycles. The standard InChI is InChI=1S/C15H21N5O2/c1-10(2)5-6-16-14-13-15(18-8-17-14)20(9-19-13)12-4-3-11(7-21)22-12/h5,8-9,11-12,21H,3-4,6-7H2,1-2H3,(H,16,17,18)/t11-,12+/m0/s1. The Morgan fingerprint density at radius 3 is 3.00 bits per heavy atom. The van der Waals surface area contributed by atoms with Gasteiger partial charge in [0.15, 0.2) is 17.0 Å². The van der Waals surface area contributed by atoms with Crippen molar-refractivity contribution < 1.29 is 9.84 Å². The van der Waals surface area contributed by atoms with Crippen molar-refractivity contribution in [1.29, 1.82) is 0 Å². The molecule has 0 saturated carbocycles.